The van der Waals surface area contributed by atoms with Crippen LogP contribution in [0, 0.1) is 0 Å². The minimum atomic E-state index is -0.207. The number of aliphatic hydroxyl groups excluding tert-OH is 1. The Morgan fingerprint density at radius 2 is 1.48 bits per heavy atom. The van der Waals surface area contributed by atoms with E-state index in [0.717, 1.165) is 12.2 Å². The van der Waals surface area contributed by atoms with Gasteiger partial charge >= 0.3 is 0 Å². The monoisotopic (exact) mass is 405 g/mol. The molecule has 0 saturated heterocycles. The van der Waals surface area contributed by atoms with Crippen molar-refractivity contribution in [3.05, 3.63) is 29.8 Å². The van der Waals surface area contributed by atoms with Crippen LogP contribution in [0.2, 0.25) is 0 Å². The summed E-state index contributed by atoms with van der Waals surface area (Å²) in [6.45, 7) is 2.47. The number of ether oxygens (including phenoxy) is 1. The normalized spacial score (nSPS) is 10.8. The van der Waals surface area contributed by atoms with Crippen LogP contribution in [0.5, 0.6) is 5.75 Å². The van der Waals surface area contributed by atoms with Gasteiger partial charge in [0.25, 0.3) is 5.91 Å². The highest BCUT2D eigenvalue weighted by molar-refractivity contribution is 5.77. The maximum Gasteiger partial charge on any atom is 0.258 e. The Balaban J connectivity index is 2.00. The van der Waals surface area contributed by atoms with Gasteiger partial charge in [-0.3, -0.25) is 4.79 Å². The van der Waals surface area contributed by atoms with Gasteiger partial charge in [-0.05, 0) is 30.5 Å². The Morgan fingerprint density at radius 1 is 0.897 bits per heavy atom. The lowest BCUT2D eigenvalue weighted by Gasteiger charge is -2.08. The van der Waals surface area contributed by atoms with E-state index in [1.54, 1.807) is 0 Å². The molecule has 0 radical (unpaired) electrons. The first-order valence-corrected chi connectivity index (χ1v) is 11.9. The second kappa shape index (κ2) is 18.5. The Labute approximate surface area is 178 Å². The maximum absolute atomic E-state index is 11.5. The average Bonchev–Trinajstić information content (AvgIpc) is 2.74. The quantitative estimate of drug-likeness (QED) is 0.286. The molecule has 1 rings (SSSR count). The van der Waals surface area contributed by atoms with E-state index in [2.05, 4.69) is 18.3 Å². The first-order valence-electron chi connectivity index (χ1n) is 11.9. The second-order valence-electron chi connectivity index (χ2n) is 8.00. The maximum atomic E-state index is 11.5. The Hall–Kier alpha value is -1.55. The fourth-order valence-electron chi connectivity index (χ4n) is 3.53. The third-order valence-corrected chi connectivity index (χ3v) is 5.27. The van der Waals surface area contributed by atoms with Crippen LogP contribution in [0.3, 0.4) is 0 Å². The molecule has 0 heterocycles. The fourth-order valence-corrected chi connectivity index (χ4v) is 3.53. The number of hydrogen-bond acceptors (Lipinski definition) is 3. The van der Waals surface area contributed by atoms with Crippen molar-refractivity contribution in [2.75, 3.05) is 19.8 Å². The summed E-state index contributed by atoms with van der Waals surface area (Å²) < 4.78 is 5.53. The van der Waals surface area contributed by atoms with Gasteiger partial charge in [-0.1, -0.05) is 96.1 Å². The van der Waals surface area contributed by atoms with E-state index in [4.69, 9.17) is 9.84 Å². The summed E-state index contributed by atoms with van der Waals surface area (Å²) >= 11 is 0. The SMILES string of the molecule is CCCCCCCCCCCCCCCc1cccc(OCC(=O)NCCO)c1. The summed E-state index contributed by atoms with van der Waals surface area (Å²) in [4.78, 5) is 11.5. The van der Waals surface area contributed by atoms with Gasteiger partial charge < -0.3 is 15.2 Å². The number of carbonyl (C=O) groups excluding carboxylic acids is 1. The number of nitrogens with one attached hydrogen (secondary N) is 1. The van der Waals surface area contributed by atoms with Crippen LogP contribution in [-0.2, 0) is 11.2 Å². The number of aliphatic hydroxyl groups is 1. The minimum Gasteiger partial charge on any atom is -0.484 e. The Morgan fingerprint density at radius 3 is 2.07 bits per heavy atom. The van der Waals surface area contributed by atoms with Crippen LogP contribution in [-0.4, -0.2) is 30.8 Å². The second-order valence-corrected chi connectivity index (χ2v) is 8.00. The number of aryl methyl sites for hydroxylation is 1. The molecule has 166 valence electrons. The molecule has 4 heteroatoms. The third-order valence-electron chi connectivity index (χ3n) is 5.27. The van der Waals surface area contributed by atoms with Gasteiger partial charge in [0.15, 0.2) is 6.61 Å². The van der Waals surface area contributed by atoms with Crippen molar-refractivity contribution in [3.8, 4) is 5.75 Å². The largest absolute Gasteiger partial charge is 0.484 e. The van der Waals surface area contributed by atoms with Gasteiger partial charge in [-0.25, -0.2) is 0 Å². The summed E-state index contributed by atoms with van der Waals surface area (Å²) in [5.74, 6) is 0.525. The number of unbranched alkanes of at least 4 members (excludes halogenated alkanes) is 12. The molecule has 0 saturated carbocycles. The molecule has 0 bridgehead atoms. The van der Waals surface area contributed by atoms with E-state index in [1.165, 1.54) is 89.0 Å². The van der Waals surface area contributed by atoms with Crippen molar-refractivity contribution in [1.29, 1.82) is 0 Å². The topological polar surface area (TPSA) is 58.6 Å². The Kier molecular flexibility index (Phi) is 16.2. The molecule has 29 heavy (non-hydrogen) atoms. The van der Waals surface area contributed by atoms with Crippen LogP contribution >= 0.6 is 0 Å². The predicted octanol–water partition coefficient (Wildman–Crippen LogP) is 5.81. The zero-order chi connectivity index (χ0) is 21.0. The Bertz CT molecular complexity index is 519. The van der Waals surface area contributed by atoms with Gasteiger partial charge in [0.2, 0.25) is 0 Å². The average molecular weight is 406 g/mol. The molecule has 0 unspecified atom stereocenters. The number of carbonyl (C=O) groups is 1. The number of rotatable bonds is 19. The summed E-state index contributed by atoms with van der Waals surface area (Å²) in [5.41, 5.74) is 1.27. The molecule has 1 aromatic rings. The standard InChI is InChI=1S/C25H43NO3/c1-2-3-4-5-6-7-8-9-10-11-12-13-14-16-23-17-15-18-24(21-23)29-22-25(28)26-19-20-27/h15,17-18,21,27H,2-14,16,19-20,22H2,1H3,(H,26,28). The van der Waals surface area contributed by atoms with Crippen molar-refractivity contribution >= 4 is 5.91 Å². The lowest BCUT2D eigenvalue weighted by atomic mass is 10.0. The molecule has 1 amide bonds. The highest BCUT2D eigenvalue weighted by atomic mass is 16.5. The van der Waals surface area contributed by atoms with E-state index in [0.29, 0.717) is 0 Å². The molecular formula is C25H43NO3. The molecule has 2 N–H and O–H groups in total. The summed E-state index contributed by atoms with van der Waals surface area (Å²) in [5, 5.41) is 11.3. The highest BCUT2D eigenvalue weighted by Crippen LogP contribution is 2.17. The molecular weight excluding hydrogens is 362 g/mol. The van der Waals surface area contributed by atoms with Crippen LogP contribution in [0.1, 0.15) is 96.0 Å². The predicted molar refractivity (Wildman–Crippen MR) is 121 cm³/mol. The van der Waals surface area contributed by atoms with E-state index >= 15 is 0 Å². The van der Waals surface area contributed by atoms with Crippen molar-refractivity contribution in [2.24, 2.45) is 0 Å². The highest BCUT2D eigenvalue weighted by Gasteiger charge is 2.03. The third kappa shape index (κ3) is 15.0. The first kappa shape index (κ1) is 25.5. The van der Waals surface area contributed by atoms with E-state index in [9.17, 15) is 4.79 Å². The first-order chi connectivity index (χ1) is 14.3. The van der Waals surface area contributed by atoms with Crippen molar-refractivity contribution in [3.63, 3.8) is 0 Å². The van der Waals surface area contributed by atoms with Crippen molar-refractivity contribution < 1.29 is 14.6 Å². The smallest absolute Gasteiger partial charge is 0.258 e. The molecule has 0 spiro atoms. The molecule has 0 aliphatic heterocycles. The molecule has 0 aliphatic rings. The molecule has 0 aromatic heterocycles. The lowest BCUT2D eigenvalue weighted by molar-refractivity contribution is -0.123. The van der Waals surface area contributed by atoms with Crippen molar-refractivity contribution in [1.82, 2.24) is 5.32 Å². The van der Waals surface area contributed by atoms with Gasteiger partial charge in [0.05, 0.1) is 6.61 Å². The molecule has 0 aliphatic carbocycles. The molecule has 0 atom stereocenters. The van der Waals surface area contributed by atoms with E-state index in [1.807, 2.05) is 18.2 Å². The zero-order valence-electron chi connectivity index (χ0n) is 18.6. The summed E-state index contributed by atoms with van der Waals surface area (Å²) in [7, 11) is 0. The number of benzene rings is 1. The van der Waals surface area contributed by atoms with Crippen LogP contribution in [0.4, 0.5) is 0 Å². The fraction of sp³-hybridized carbons (Fsp3) is 0.720. The van der Waals surface area contributed by atoms with Gasteiger partial charge in [0, 0.05) is 6.54 Å². The lowest BCUT2D eigenvalue weighted by Crippen LogP contribution is -2.31. The van der Waals surface area contributed by atoms with E-state index < -0.39 is 0 Å². The number of amides is 1. The summed E-state index contributed by atoms with van der Waals surface area (Å²) in [6.07, 6.45) is 18.9. The zero-order valence-corrected chi connectivity index (χ0v) is 18.6. The van der Waals surface area contributed by atoms with Gasteiger partial charge in [-0.2, -0.15) is 0 Å². The van der Waals surface area contributed by atoms with Crippen molar-refractivity contribution in [2.45, 2.75) is 96.8 Å². The van der Waals surface area contributed by atoms with Gasteiger partial charge in [-0.15, -0.1) is 0 Å². The van der Waals surface area contributed by atoms with Crippen LogP contribution < -0.4 is 10.1 Å². The number of hydrogen-bond donors (Lipinski definition) is 2. The molecule has 0 fully saturated rings. The van der Waals surface area contributed by atoms with Gasteiger partial charge in [0.1, 0.15) is 5.75 Å². The molecule has 4 nitrogen and oxygen atoms in total. The molecule has 1 aromatic carbocycles. The minimum absolute atomic E-state index is 0.0117. The van der Waals surface area contributed by atoms with Crippen LogP contribution in [0.25, 0.3) is 0 Å². The van der Waals surface area contributed by atoms with Crippen LogP contribution in [0.15, 0.2) is 24.3 Å². The van der Waals surface area contributed by atoms with E-state index in [-0.39, 0.29) is 25.7 Å². The summed E-state index contributed by atoms with van der Waals surface area (Å²) in [6, 6.07) is 8.02.